The third-order valence-corrected chi connectivity index (χ3v) is 5.22. The van der Waals surface area contributed by atoms with Crippen LogP contribution >= 0.6 is 0 Å². The summed E-state index contributed by atoms with van der Waals surface area (Å²) >= 11 is 0. The van der Waals surface area contributed by atoms with Crippen molar-refractivity contribution in [2.24, 2.45) is 0 Å². The molecule has 0 bridgehead atoms. The van der Waals surface area contributed by atoms with E-state index in [-0.39, 0.29) is 11.8 Å². The van der Waals surface area contributed by atoms with E-state index in [2.05, 4.69) is 16.7 Å². The second-order valence-electron chi connectivity index (χ2n) is 7.15. The second-order valence-corrected chi connectivity index (χ2v) is 7.15. The standard InChI is InChI=1S/C21H28N2O2/c24-20(22-15-14-16-6-2-1-3-7-16)17-10-12-18(13-11-17)21(25)23-19-8-4-5-9-19/h6,10-13,19H,1-5,7-9,14-15H2,(H,22,24)(H,23,25). The van der Waals surface area contributed by atoms with E-state index in [1.165, 1.54) is 44.1 Å². The zero-order chi connectivity index (χ0) is 17.5. The first kappa shape index (κ1) is 17.7. The van der Waals surface area contributed by atoms with E-state index in [9.17, 15) is 9.59 Å². The molecule has 0 aliphatic heterocycles. The Labute approximate surface area is 150 Å². The maximum absolute atomic E-state index is 12.2. The molecule has 1 saturated carbocycles. The maximum atomic E-state index is 12.2. The zero-order valence-electron chi connectivity index (χ0n) is 14.9. The molecule has 1 fully saturated rings. The molecule has 1 aromatic rings. The van der Waals surface area contributed by atoms with E-state index < -0.39 is 0 Å². The van der Waals surface area contributed by atoms with Crippen LogP contribution in [0.1, 0.15) is 78.5 Å². The first-order valence-electron chi connectivity index (χ1n) is 9.59. The van der Waals surface area contributed by atoms with Crippen LogP contribution < -0.4 is 10.6 Å². The molecule has 0 spiro atoms. The van der Waals surface area contributed by atoms with Crippen molar-refractivity contribution < 1.29 is 9.59 Å². The Morgan fingerprint density at radius 2 is 1.60 bits per heavy atom. The Hall–Kier alpha value is -2.10. The molecule has 0 saturated heterocycles. The van der Waals surface area contributed by atoms with Crippen molar-refractivity contribution in [2.45, 2.75) is 63.8 Å². The summed E-state index contributed by atoms with van der Waals surface area (Å²) in [4.78, 5) is 24.4. The smallest absolute Gasteiger partial charge is 0.251 e. The van der Waals surface area contributed by atoms with Crippen LogP contribution in [0.25, 0.3) is 0 Å². The van der Waals surface area contributed by atoms with Crippen LogP contribution in [0.2, 0.25) is 0 Å². The van der Waals surface area contributed by atoms with Gasteiger partial charge in [0.1, 0.15) is 0 Å². The van der Waals surface area contributed by atoms with Crippen LogP contribution in [-0.2, 0) is 0 Å². The van der Waals surface area contributed by atoms with Crippen LogP contribution in [0.5, 0.6) is 0 Å². The molecule has 134 valence electrons. The monoisotopic (exact) mass is 340 g/mol. The molecule has 4 nitrogen and oxygen atoms in total. The number of carbonyl (C=O) groups excluding carboxylic acids is 2. The van der Waals surface area contributed by atoms with Crippen LogP contribution in [-0.4, -0.2) is 24.4 Å². The molecule has 4 heteroatoms. The summed E-state index contributed by atoms with van der Waals surface area (Å²) in [6, 6.07) is 7.26. The summed E-state index contributed by atoms with van der Waals surface area (Å²) in [6.07, 6.45) is 12.7. The highest BCUT2D eigenvalue weighted by Gasteiger charge is 2.18. The van der Waals surface area contributed by atoms with Crippen molar-refractivity contribution in [3.63, 3.8) is 0 Å². The molecule has 1 aromatic carbocycles. The lowest BCUT2D eigenvalue weighted by molar-refractivity contribution is 0.0931. The minimum atomic E-state index is -0.0702. The van der Waals surface area contributed by atoms with Gasteiger partial charge >= 0.3 is 0 Å². The first-order valence-corrected chi connectivity index (χ1v) is 9.59. The van der Waals surface area contributed by atoms with Crippen molar-refractivity contribution in [2.75, 3.05) is 6.54 Å². The Bertz CT molecular complexity index is 628. The lowest BCUT2D eigenvalue weighted by atomic mass is 9.97. The van der Waals surface area contributed by atoms with Gasteiger partial charge in [0.2, 0.25) is 0 Å². The van der Waals surface area contributed by atoms with Gasteiger partial charge in [-0.3, -0.25) is 9.59 Å². The van der Waals surface area contributed by atoms with Crippen LogP contribution in [0.3, 0.4) is 0 Å². The summed E-state index contributed by atoms with van der Waals surface area (Å²) in [7, 11) is 0. The van der Waals surface area contributed by atoms with Crippen molar-refractivity contribution in [3.05, 3.63) is 47.0 Å². The summed E-state index contributed by atoms with van der Waals surface area (Å²) < 4.78 is 0. The summed E-state index contributed by atoms with van der Waals surface area (Å²) in [5.74, 6) is -0.109. The van der Waals surface area contributed by atoms with Crippen molar-refractivity contribution in [1.82, 2.24) is 10.6 Å². The highest BCUT2D eigenvalue weighted by molar-refractivity contribution is 5.97. The number of rotatable bonds is 6. The highest BCUT2D eigenvalue weighted by atomic mass is 16.2. The average molecular weight is 340 g/mol. The predicted molar refractivity (Wildman–Crippen MR) is 99.7 cm³/mol. The average Bonchev–Trinajstić information content (AvgIpc) is 3.15. The topological polar surface area (TPSA) is 58.2 Å². The highest BCUT2D eigenvalue weighted by Crippen LogP contribution is 2.20. The van der Waals surface area contributed by atoms with Gasteiger partial charge in [-0.1, -0.05) is 24.5 Å². The van der Waals surface area contributed by atoms with Crippen LogP contribution in [0, 0.1) is 0 Å². The molecule has 0 unspecified atom stereocenters. The van der Waals surface area contributed by atoms with Crippen LogP contribution in [0.4, 0.5) is 0 Å². The third-order valence-electron chi connectivity index (χ3n) is 5.22. The molecule has 2 amide bonds. The van der Waals surface area contributed by atoms with Gasteiger partial charge in [0, 0.05) is 23.7 Å². The first-order chi connectivity index (χ1) is 12.2. The number of carbonyl (C=O) groups is 2. The minimum absolute atomic E-state index is 0.0388. The summed E-state index contributed by atoms with van der Waals surface area (Å²) in [6.45, 7) is 0.675. The SMILES string of the molecule is O=C(NCCC1=CCCCC1)c1ccc(C(=O)NC2CCCC2)cc1. The fraction of sp³-hybridized carbons (Fsp3) is 0.524. The Morgan fingerprint density at radius 3 is 2.24 bits per heavy atom. The van der Waals surface area contributed by atoms with E-state index in [4.69, 9.17) is 0 Å². The third kappa shape index (κ3) is 5.18. The lowest BCUT2D eigenvalue weighted by Crippen LogP contribution is -2.32. The van der Waals surface area contributed by atoms with E-state index >= 15 is 0 Å². The fourth-order valence-corrected chi connectivity index (χ4v) is 3.68. The Morgan fingerprint density at radius 1 is 0.920 bits per heavy atom. The molecule has 0 heterocycles. The molecular formula is C21H28N2O2. The number of nitrogens with one attached hydrogen (secondary N) is 2. The largest absolute Gasteiger partial charge is 0.352 e. The minimum Gasteiger partial charge on any atom is -0.352 e. The Balaban J connectivity index is 1.46. The van der Waals surface area contributed by atoms with Gasteiger partial charge in [0.05, 0.1) is 0 Å². The summed E-state index contributed by atoms with van der Waals surface area (Å²) in [5.41, 5.74) is 2.69. The van der Waals surface area contributed by atoms with E-state index in [0.29, 0.717) is 23.7 Å². The van der Waals surface area contributed by atoms with Gasteiger partial charge in [0.15, 0.2) is 0 Å². The van der Waals surface area contributed by atoms with Gasteiger partial charge < -0.3 is 10.6 Å². The van der Waals surface area contributed by atoms with Gasteiger partial charge in [-0.05, 0) is 69.2 Å². The van der Waals surface area contributed by atoms with Gasteiger partial charge in [-0.2, -0.15) is 0 Å². The van der Waals surface area contributed by atoms with E-state index in [1.54, 1.807) is 24.3 Å². The molecular weight excluding hydrogens is 312 g/mol. The molecule has 2 aliphatic carbocycles. The lowest BCUT2D eigenvalue weighted by Gasteiger charge is -2.13. The zero-order valence-corrected chi connectivity index (χ0v) is 14.9. The molecule has 0 aromatic heterocycles. The molecule has 2 aliphatic rings. The quantitative estimate of drug-likeness (QED) is 0.770. The molecule has 2 N–H and O–H groups in total. The van der Waals surface area contributed by atoms with Gasteiger partial charge in [-0.15, -0.1) is 0 Å². The predicted octanol–water partition coefficient (Wildman–Crippen LogP) is 3.98. The van der Waals surface area contributed by atoms with Crippen LogP contribution in [0.15, 0.2) is 35.9 Å². The molecule has 3 rings (SSSR count). The number of hydrogen-bond acceptors (Lipinski definition) is 2. The molecule has 0 radical (unpaired) electrons. The van der Waals surface area contributed by atoms with Gasteiger partial charge in [0.25, 0.3) is 11.8 Å². The van der Waals surface area contributed by atoms with E-state index in [0.717, 1.165) is 19.3 Å². The second kappa shape index (κ2) is 8.84. The number of benzene rings is 1. The van der Waals surface area contributed by atoms with Crippen molar-refractivity contribution >= 4 is 11.8 Å². The Kier molecular flexibility index (Phi) is 6.26. The van der Waals surface area contributed by atoms with E-state index in [1.807, 2.05) is 0 Å². The number of allylic oxidation sites excluding steroid dienone is 1. The normalized spacial score (nSPS) is 17.8. The maximum Gasteiger partial charge on any atom is 0.251 e. The van der Waals surface area contributed by atoms with Crippen molar-refractivity contribution in [3.8, 4) is 0 Å². The summed E-state index contributed by atoms with van der Waals surface area (Å²) in [5, 5.41) is 6.04. The van der Waals surface area contributed by atoms with Gasteiger partial charge in [-0.25, -0.2) is 0 Å². The number of hydrogen-bond donors (Lipinski definition) is 2. The van der Waals surface area contributed by atoms with Crippen molar-refractivity contribution in [1.29, 1.82) is 0 Å². The fourth-order valence-electron chi connectivity index (χ4n) is 3.68. The number of amides is 2. The molecule has 0 atom stereocenters. The molecule has 25 heavy (non-hydrogen) atoms.